The van der Waals surface area contributed by atoms with E-state index >= 15 is 0 Å². The first-order valence-corrected chi connectivity index (χ1v) is 7.39. The zero-order valence-electron chi connectivity index (χ0n) is 12.3. The molecule has 0 radical (unpaired) electrons. The number of hydrogen-bond acceptors (Lipinski definition) is 6. The molecule has 0 saturated heterocycles. The van der Waals surface area contributed by atoms with E-state index in [1.54, 1.807) is 7.11 Å². The van der Waals surface area contributed by atoms with Gasteiger partial charge in [-0.15, -0.1) is 0 Å². The predicted molar refractivity (Wildman–Crippen MR) is 74.4 cm³/mol. The Labute approximate surface area is 120 Å². The summed E-state index contributed by atoms with van der Waals surface area (Å²) >= 11 is 0. The molecule has 20 heavy (non-hydrogen) atoms. The van der Waals surface area contributed by atoms with Crippen LogP contribution >= 0.6 is 0 Å². The average molecular weight is 283 g/mol. The summed E-state index contributed by atoms with van der Waals surface area (Å²) in [6.07, 6.45) is 7.12. The molecule has 0 unspecified atom stereocenters. The lowest BCUT2D eigenvalue weighted by Gasteiger charge is -2.31. The molecule has 6 heteroatoms. The lowest BCUT2D eigenvalue weighted by atomic mass is 9.80. The predicted octanol–water partition coefficient (Wildman–Crippen LogP) is 1.48. The maximum absolute atomic E-state index is 6.39. The van der Waals surface area contributed by atoms with Gasteiger partial charge in [0.15, 0.2) is 5.82 Å². The Kier molecular flexibility index (Phi) is 5.94. The van der Waals surface area contributed by atoms with Crippen molar-refractivity contribution in [2.75, 3.05) is 26.9 Å². The summed E-state index contributed by atoms with van der Waals surface area (Å²) in [6.45, 7) is 1.77. The molecule has 0 aromatic carbocycles. The summed E-state index contributed by atoms with van der Waals surface area (Å²) in [5.41, 5.74) is 6.23. The molecular weight excluding hydrogens is 258 g/mol. The van der Waals surface area contributed by atoms with Crippen molar-refractivity contribution in [2.45, 2.75) is 50.5 Å². The van der Waals surface area contributed by atoms with Crippen LogP contribution in [0, 0.1) is 0 Å². The van der Waals surface area contributed by atoms with Crippen LogP contribution < -0.4 is 5.73 Å². The topological polar surface area (TPSA) is 83.4 Å². The van der Waals surface area contributed by atoms with Crippen LogP contribution in [0.2, 0.25) is 0 Å². The highest BCUT2D eigenvalue weighted by molar-refractivity contribution is 4.97. The third-order valence-electron chi connectivity index (χ3n) is 3.76. The fourth-order valence-electron chi connectivity index (χ4n) is 2.61. The van der Waals surface area contributed by atoms with E-state index in [1.807, 2.05) is 0 Å². The molecule has 1 heterocycles. The molecule has 2 N–H and O–H groups in total. The van der Waals surface area contributed by atoms with E-state index in [4.69, 9.17) is 19.7 Å². The van der Waals surface area contributed by atoms with Crippen LogP contribution in [0.4, 0.5) is 0 Å². The molecule has 1 fully saturated rings. The fourth-order valence-corrected chi connectivity index (χ4v) is 2.61. The van der Waals surface area contributed by atoms with Crippen molar-refractivity contribution in [2.24, 2.45) is 5.73 Å². The van der Waals surface area contributed by atoms with Crippen molar-refractivity contribution in [3.8, 4) is 0 Å². The zero-order valence-corrected chi connectivity index (χ0v) is 12.3. The van der Waals surface area contributed by atoms with Gasteiger partial charge in [-0.25, -0.2) is 0 Å². The quantitative estimate of drug-likeness (QED) is 0.728. The van der Waals surface area contributed by atoms with Crippen LogP contribution in [0.3, 0.4) is 0 Å². The van der Waals surface area contributed by atoms with Crippen molar-refractivity contribution in [1.29, 1.82) is 0 Å². The van der Waals surface area contributed by atoms with Crippen LogP contribution in [0.25, 0.3) is 0 Å². The molecule has 0 amide bonds. The third kappa shape index (κ3) is 4.85. The highest BCUT2D eigenvalue weighted by Gasteiger charge is 2.29. The molecular formula is C14H25N3O3. The first kappa shape index (κ1) is 15.4. The van der Waals surface area contributed by atoms with Gasteiger partial charge in [0, 0.05) is 25.5 Å². The Hall–Kier alpha value is -0.980. The molecule has 0 aliphatic heterocycles. The molecule has 1 aromatic rings. The fraction of sp³-hybridized carbons (Fsp3) is 0.857. The highest BCUT2D eigenvalue weighted by Crippen LogP contribution is 2.28. The first-order valence-electron chi connectivity index (χ1n) is 7.39. The Morgan fingerprint density at radius 1 is 1.20 bits per heavy atom. The van der Waals surface area contributed by atoms with Gasteiger partial charge in [0.05, 0.1) is 19.8 Å². The number of nitrogens with two attached hydrogens (primary N) is 1. The molecule has 6 nitrogen and oxygen atoms in total. The number of hydrogen-bond donors (Lipinski definition) is 1. The minimum atomic E-state index is -0.156. The Balaban J connectivity index is 1.74. The molecule has 0 spiro atoms. The minimum absolute atomic E-state index is 0.156. The van der Waals surface area contributed by atoms with Gasteiger partial charge in [-0.1, -0.05) is 24.4 Å². The van der Waals surface area contributed by atoms with Crippen LogP contribution in [0.1, 0.15) is 43.8 Å². The smallest absolute Gasteiger partial charge is 0.228 e. The van der Waals surface area contributed by atoms with Crippen molar-refractivity contribution >= 4 is 0 Å². The molecule has 2 rings (SSSR count). The van der Waals surface area contributed by atoms with Gasteiger partial charge in [0.25, 0.3) is 0 Å². The summed E-state index contributed by atoms with van der Waals surface area (Å²) < 4.78 is 15.6. The van der Waals surface area contributed by atoms with Gasteiger partial charge in [0.2, 0.25) is 5.89 Å². The summed E-state index contributed by atoms with van der Waals surface area (Å²) in [6, 6.07) is 0. The summed E-state index contributed by atoms with van der Waals surface area (Å²) in [5.74, 6) is 1.35. The van der Waals surface area contributed by atoms with Crippen molar-refractivity contribution in [3.05, 3.63) is 11.7 Å². The molecule has 1 aromatic heterocycles. The van der Waals surface area contributed by atoms with E-state index in [9.17, 15) is 0 Å². The van der Waals surface area contributed by atoms with Crippen LogP contribution in [0.15, 0.2) is 4.52 Å². The number of ether oxygens (including phenoxy) is 2. The second kappa shape index (κ2) is 7.71. The lowest BCUT2D eigenvalue weighted by Crippen LogP contribution is -2.43. The Morgan fingerprint density at radius 2 is 2.00 bits per heavy atom. The number of rotatable bonds is 8. The first-order chi connectivity index (χ1) is 9.72. The van der Waals surface area contributed by atoms with Crippen molar-refractivity contribution in [3.63, 3.8) is 0 Å². The van der Waals surface area contributed by atoms with Crippen LogP contribution in [-0.4, -0.2) is 42.6 Å². The van der Waals surface area contributed by atoms with E-state index < -0.39 is 0 Å². The van der Waals surface area contributed by atoms with E-state index in [1.165, 1.54) is 19.3 Å². The van der Waals surface area contributed by atoms with E-state index in [0.29, 0.717) is 44.4 Å². The molecule has 1 saturated carbocycles. The molecule has 1 aliphatic rings. The van der Waals surface area contributed by atoms with Gasteiger partial charge in [-0.2, -0.15) is 4.98 Å². The van der Waals surface area contributed by atoms with Gasteiger partial charge >= 0.3 is 0 Å². The number of methoxy groups -OCH3 is 1. The second-order valence-electron chi connectivity index (χ2n) is 5.56. The normalized spacial score (nSPS) is 18.3. The Morgan fingerprint density at radius 3 is 2.75 bits per heavy atom. The lowest BCUT2D eigenvalue weighted by molar-refractivity contribution is 0.0714. The van der Waals surface area contributed by atoms with Gasteiger partial charge in [0.1, 0.15) is 0 Å². The summed E-state index contributed by atoms with van der Waals surface area (Å²) in [7, 11) is 1.66. The Bertz CT molecular complexity index is 389. The maximum atomic E-state index is 6.39. The highest BCUT2D eigenvalue weighted by atomic mass is 16.5. The zero-order chi connectivity index (χ0) is 14.3. The molecule has 0 atom stereocenters. The largest absolute Gasteiger partial charge is 0.382 e. The molecule has 0 bridgehead atoms. The van der Waals surface area contributed by atoms with E-state index in [2.05, 4.69) is 10.1 Å². The van der Waals surface area contributed by atoms with Gasteiger partial charge in [-0.05, 0) is 12.8 Å². The summed E-state index contributed by atoms with van der Waals surface area (Å²) in [5, 5.41) is 3.98. The minimum Gasteiger partial charge on any atom is -0.382 e. The monoisotopic (exact) mass is 283 g/mol. The van der Waals surface area contributed by atoms with Gasteiger partial charge < -0.3 is 19.7 Å². The molecule has 1 aliphatic carbocycles. The summed E-state index contributed by atoms with van der Waals surface area (Å²) in [4.78, 5) is 4.40. The number of nitrogens with zero attached hydrogens (tertiary/aromatic N) is 2. The van der Waals surface area contributed by atoms with Crippen LogP contribution in [0.5, 0.6) is 0 Å². The number of aromatic nitrogens is 2. The second-order valence-corrected chi connectivity index (χ2v) is 5.56. The average Bonchev–Trinajstić information content (AvgIpc) is 2.86. The van der Waals surface area contributed by atoms with E-state index in [0.717, 1.165) is 12.8 Å². The maximum Gasteiger partial charge on any atom is 0.228 e. The van der Waals surface area contributed by atoms with Crippen molar-refractivity contribution in [1.82, 2.24) is 10.1 Å². The van der Waals surface area contributed by atoms with Crippen molar-refractivity contribution < 1.29 is 14.0 Å². The third-order valence-corrected chi connectivity index (χ3v) is 3.76. The van der Waals surface area contributed by atoms with E-state index in [-0.39, 0.29) is 5.54 Å². The van der Waals surface area contributed by atoms with Crippen LogP contribution in [-0.2, 0) is 22.3 Å². The molecule has 114 valence electrons. The SMILES string of the molecule is COCCOCCc1noc(CC2(N)CCCCC2)n1. The van der Waals surface area contributed by atoms with Gasteiger partial charge in [-0.3, -0.25) is 0 Å². The standard InChI is InChI=1S/C14H25N3O3/c1-18-9-10-19-8-5-12-16-13(20-17-12)11-14(15)6-3-2-4-7-14/h2-11,15H2,1H3.